The van der Waals surface area contributed by atoms with Crippen LogP contribution in [0.25, 0.3) is 10.9 Å². The highest BCUT2D eigenvalue weighted by molar-refractivity contribution is 5.90. The number of hydrogen-bond acceptors (Lipinski definition) is 2. The van der Waals surface area contributed by atoms with Gasteiger partial charge in [-0.25, -0.2) is 5.43 Å². The minimum absolute atomic E-state index is 0.0483. The van der Waals surface area contributed by atoms with Crippen LogP contribution in [0.2, 0.25) is 0 Å². The summed E-state index contributed by atoms with van der Waals surface area (Å²) in [6.07, 6.45) is 7.97. The molecular formula is C16H19N3O. The zero-order valence-corrected chi connectivity index (χ0v) is 11.5. The fourth-order valence-corrected chi connectivity index (χ4v) is 2.70. The Bertz CT molecular complexity index is 634. The summed E-state index contributed by atoms with van der Waals surface area (Å²) in [4.78, 5) is 15.1. The van der Waals surface area contributed by atoms with E-state index in [2.05, 4.69) is 15.5 Å². The summed E-state index contributed by atoms with van der Waals surface area (Å²) in [6.45, 7) is 0. The molecule has 0 spiro atoms. The molecule has 0 radical (unpaired) electrons. The molecule has 1 heterocycles. The van der Waals surface area contributed by atoms with Crippen LogP contribution in [-0.2, 0) is 11.2 Å². The number of rotatable bonds is 3. The van der Waals surface area contributed by atoms with Crippen molar-refractivity contribution in [1.82, 2.24) is 10.4 Å². The van der Waals surface area contributed by atoms with E-state index < -0.39 is 0 Å². The lowest BCUT2D eigenvalue weighted by atomic mass is 9.99. The Labute approximate surface area is 118 Å². The topological polar surface area (TPSA) is 57.2 Å². The fraction of sp³-hybridized carbons (Fsp3) is 0.375. The number of aromatic amines is 1. The van der Waals surface area contributed by atoms with E-state index in [0.29, 0.717) is 6.42 Å². The number of carbonyl (C=O) groups excluding carboxylic acids is 1. The van der Waals surface area contributed by atoms with Gasteiger partial charge in [-0.2, -0.15) is 5.10 Å². The number of hydrazone groups is 1. The maximum atomic E-state index is 12.0. The van der Waals surface area contributed by atoms with E-state index in [1.54, 1.807) is 0 Å². The molecule has 2 N–H and O–H groups in total. The molecule has 3 rings (SSSR count). The van der Waals surface area contributed by atoms with Gasteiger partial charge in [0, 0.05) is 22.8 Å². The van der Waals surface area contributed by atoms with Crippen LogP contribution in [0.15, 0.2) is 35.6 Å². The number of H-pyrrole nitrogens is 1. The monoisotopic (exact) mass is 269 g/mol. The normalized spacial score (nSPS) is 15.3. The second-order valence-electron chi connectivity index (χ2n) is 5.31. The predicted octanol–water partition coefficient (Wildman–Crippen LogP) is 3.15. The molecule has 20 heavy (non-hydrogen) atoms. The first kappa shape index (κ1) is 12.9. The third-order valence-electron chi connectivity index (χ3n) is 3.80. The average molecular weight is 269 g/mol. The molecule has 104 valence electrons. The van der Waals surface area contributed by atoms with Crippen molar-refractivity contribution in [2.24, 2.45) is 5.10 Å². The van der Waals surface area contributed by atoms with Crippen molar-refractivity contribution in [2.45, 2.75) is 38.5 Å². The van der Waals surface area contributed by atoms with Crippen molar-refractivity contribution in [1.29, 1.82) is 0 Å². The average Bonchev–Trinajstić information content (AvgIpc) is 2.90. The molecular weight excluding hydrogens is 250 g/mol. The van der Waals surface area contributed by atoms with Crippen molar-refractivity contribution in [3.8, 4) is 0 Å². The van der Waals surface area contributed by atoms with E-state index in [1.165, 1.54) is 19.3 Å². The molecule has 1 aliphatic carbocycles. The van der Waals surface area contributed by atoms with Gasteiger partial charge in [-0.15, -0.1) is 0 Å². The van der Waals surface area contributed by atoms with Crippen LogP contribution in [0.3, 0.4) is 0 Å². The Hall–Kier alpha value is -2.10. The zero-order valence-electron chi connectivity index (χ0n) is 11.5. The molecule has 1 amide bonds. The van der Waals surface area contributed by atoms with Gasteiger partial charge in [0.1, 0.15) is 0 Å². The Morgan fingerprint density at radius 1 is 1.20 bits per heavy atom. The predicted molar refractivity (Wildman–Crippen MR) is 80.7 cm³/mol. The summed E-state index contributed by atoms with van der Waals surface area (Å²) in [5.41, 5.74) is 5.90. The molecule has 1 saturated carbocycles. The van der Waals surface area contributed by atoms with Gasteiger partial charge in [0.25, 0.3) is 0 Å². The van der Waals surface area contributed by atoms with Gasteiger partial charge in [0.15, 0.2) is 0 Å². The largest absolute Gasteiger partial charge is 0.361 e. The second kappa shape index (κ2) is 5.90. The first-order valence-electron chi connectivity index (χ1n) is 7.22. The first-order chi connectivity index (χ1) is 9.83. The van der Waals surface area contributed by atoms with Gasteiger partial charge in [-0.1, -0.05) is 24.6 Å². The number of nitrogens with one attached hydrogen (secondary N) is 2. The van der Waals surface area contributed by atoms with E-state index in [0.717, 1.165) is 35.0 Å². The van der Waals surface area contributed by atoms with Crippen molar-refractivity contribution in [2.75, 3.05) is 0 Å². The number of fused-ring (bicyclic) bond motifs is 1. The Morgan fingerprint density at radius 2 is 2.00 bits per heavy atom. The Kier molecular flexibility index (Phi) is 3.81. The van der Waals surface area contributed by atoms with E-state index in [9.17, 15) is 4.79 Å². The molecule has 0 unspecified atom stereocenters. The van der Waals surface area contributed by atoms with Crippen LogP contribution in [0.4, 0.5) is 0 Å². The van der Waals surface area contributed by atoms with E-state index in [-0.39, 0.29) is 5.91 Å². The lowest BCUT2D eigenvalue weighted by Gasteiger charge is -2.11. The molecule has 1 aromatic carbocycles. The van der Waals surface area contributed by atoms with Crippen LogP contribution in [0.5, 0.6) is 0 Å². The number of aromatic nitrogens is 1. The highest BCUT2D eigenvalue weighted by atomic mass is 16.2. The summed E-state index contributed by atoms with van der Waals surface area (Å²) in [5.74, 6) is -0.0483. The lowest BCUT2D eigenvalue weighted by Crippen LogP contribution is -2.22. The molecule has 1 fully saturated rings. The summed E-state index contributed by atoms with van der Waals surface area (Å²) >= 11 is 0. The fourth-order valence-electron chi connectivity index (χ4n) is 2.70. The first-order valence-corrected chi connectivity index (χ1v) is 7.22. The van der Waals surface area contributed by atoms with Crippen molar-refractivity contribution < 1.29 is 4.79 Å². The third-order valence-corrected chi connectivity index (χ3v) is 3.80. The van der Waals surface area contributed by atoms with Crippen LogP contribution in [0, 0.1) is 0 Å². The molecule has 2 aromatic rings. The maximum absolute atomic E-state index is 12.0. The molecule has 0 aliphatic heterocycles. The van der Waals surface area contributed by atoms with E-state index >= 15 is 0 Å². The van der Waals surface area contributed by atoms with E-state index in [1.807, 2.05) is 30.5 Å². The number of hydrogen-bond donors (Lipinski definition) is 2. The summed E-state index contributed by atoms with van der Waals surface area (Å²) < 4.78 is 0. The van der Waals surface area contributed by atoms with E-state index in [4.69, 9.17) is 0 Å². The molecule has 0 saturated heterocycles. The molecule has 4 nitrogen and oxygen atoms in total. The highest BCUT2D eigenvalue weighted by Crippen LogP contribution is 2.18. The highest BCUT2D eigenvalue weighted by Gasteiger charge is 2.10. The third kappa shape index (κ3) is 2.90. The molecule has 0 bridgehead atoms. The van der Waals surface area contributed by atoms with Gasteiger partial charge in [0.2, 0.25) is 5.91 Å². The number of para-hydroxylation sites is 1. The van der Waals surface area contributed by atoms with Crippen molar-refractivity contribution in [3.05, 3.63) is 36.0 Å². The Morgan fingerprint density at radius 3 is 2.85 bits per heavy atom. The number of nitrogens with zero attached hydrogens (tertiary/aromatic N) is 1. The minimum atomic E-state index is -0.0483. The molecule has 4 heteroatoms. The summed E-state index contributed by atoms with van der Waals surface area (Å²) in [6, 6.07) is 8.01. The SMILES string of the molecule is O=C(Cc1c[nH]c2ccccc12)NN=C1CCCCC1. The number of amides is 1. The van der Waals surface area contributed by atoms with Crippen LogP contribution < -0.4 is 5.43 Å². The van der Waals surface area contributed by atoms with Crippen LogP contribution in [0.1, 0.15) is 37.7 Å². The molecule has 1 aliphatic rings. The number of carbonyl (C=O) groups is 1. The smallest absolute Gasteiger partial charge is 0.244 e. The molecule has 0 atom stereocenters. The quantitative estimate of drug-likeness (QED) is 0.826. The molecule has 1 aromatic heterocycles. The van der Waals surface area contributed by atoms with Crippen LogP contribution in [-0.4, -0.2) is 16.6 Å². The van der Waals surface area contributed by atoms with Crippen molar-refractivity contribution in [3.63, 3.8) is 0 Å². The standard InChI is InChI=1S/C16H19N3O/c20-16(19-18-13-6-2-1-3-7-13)10-12-11-17-15-9-5-4-8-14(12)15/h4-5,8-9,11,17H,1-3,6-7,10H2,(H,19,20). The lowest BCUT2D eigenvalue weighted by molar-refractivity contribution is -0.120. The zero-order chi connectivity index (χ0) is 13.8. The van der Waals surface area contributed by atoms with Crippen molar-refractivity contribution >= 4 is 22.5 Å². The number of benzene rings is 1. The van der Waals surface area contributed by atoms with Gasteiger partial charge in [0.05, 0.1) is 6.42 Å². The van der Waals surface area contributed by atoms with Gasteiger partial charge in [-0.3, -0.25) is 4.79 Å². The minimum Gasteiger partial charge on any atom is -0.361 e. The Balaban J connectivity index is 1.64. The van der Waals surface area contributed by atoms with Crippen LogP contribution >= 0.6 is 0 Å². The summed E-state index contributed by atoms with van der Waals surface area (Å²) in [5, 5.41) is 5.36. The second-order valence-corrected chi connectivity index (χ2v) is 5.31. The van der Waals surface area contributed by atoms with Gasteiger partial charge in [-0.05, 0) is 37.3 Å². The van der Waals surface area contributed by atoms with Gasteiger partial charge >= 0.3 is 0 Å². The van der Waals surface area contributed by atoms with Gasteiger partial charge < -0.3 is 4.98 Å². The summed E-state index contributed by atoms with van der Waals surface area (Å²) in [7, 11) is 0. The maximum Gasteiger partial charge on any atom is 0.244 e.